The molecule has 2 amide bonds. The average molecular weight is 487 g/mol. The van der Waals surface area contributed by atoms with Gasteiger partial charge in [0.15, 0.2) is 0 Å². The van der Waals surface area contributed by atoms with Crippen LogP contribution in [0.15, 0.2) is 28.9 Å². The lowest BCUT2D eigenvalue weighted by Crippen LogP contribution is -2.47. The van der Waals surface area contributed by atoms with E-state index in [9.17, 15) is 9.59 Å². The predicted molar refractivity (Wildman–Crippen MR) is 128 cm³/mol. The monoisotopic (exact) mass is 486 g/mol. The fourth-order valence-corrected chi connectivity index (χ4v) is 6.14. The summed E-state index contributed by atoms with van der Waals surface area (Å²) in [5, 5.41) is 4.23. The van der Waals surface area contributed by atoms with Gasteiger partial charge in [-0.3, -0.25) is 14.5 Å². The zero-order valence-corrected chi connectivity index (χ0v) is 20.5. The maximum atomic E-state index is 13.1. The Bertz CT molecular complexity index is 1070. The molecule has 4 rings (SSSR count). The highest BCUT2D eigenvalue weighted by atomic mass is 79.9. The third-order valence-electron chi connectivity index (χ3n) is 6.72. The lowest BCUT2D eigenvalue weighted by Gasteiger charge is -2.40. The second kappa shape index (κ2) is 8.43. The Hall–Kier alpha value is -2.12. The van der Waals surface area contributed by atoms with Crippen LogP contribution in [-0.2, 0) is 16.0 Å². The Balaban J connectivity index is 1.85. The van der Waals surface area contributed by atoms with E-state index >= 15 is 0 Å². The van der Waals surface area contributed by atoms with Crippen LogP contribution in [-0.4, -0.2) is 58.9 Å². The lowest BCUT2D eigenvalue weighted by molar-refractivity contribution is -0.134. The molecule has 2 heterocycles. The molecule has 1 aromatic heterocycles. The van der Waals surface area contributed by atoms with Gasteiger partial charge in [-0.15, -0.1) is 0 Å². The van der Waals surface area contributed by atoms with Crippen molar-refractivity contribution in [3.63, 3.8) is 0 Å². The summed E-state index contributed by atoms with van der Waals surface area (Å²) in [6.07, 6.45) is 2.93. The molecule has 1 unspecified atom stereocenters. The first-order chi connectivity index (χ1) is 14.8. The molecule has 0 saturated heterocycles. The number of aromatic nitrogens is 1. The van der Waals surface area contributed by atoms with Crippen LogP contribution in [0.25, 0.3) is 16.5 Å². The van der Waals surface area contributed by atoms with Crippen LogP contribution < -0.4 is 5.32 Å². The van der Waals surface area contributed by atoms with Crippen LogP contribution in [0, 0.1) is 5.92 Å². The largest absolute Gasteiger partial charge is 0.343 e. The zero-order chi connectivity index (χ0) is 22.4. The van der Waals surface area contributed by atoms with Crippen LogP contribution >= 0.6 is 15.9 Å². The molecular weight excluding hydrogens is 456 g/mol. The van der Waals surface area contributed by atoms with Crippen LogP contribution in [0.2, 0.25) is 0 Å². The molecule has 1 N–H and O–H groups in total. The van der Waals surface area contributed by atoms with Crippen molar-refractivity contribution in [2.24, 2.45) is 5.92 Å². The summed E-state index contributed by atoms with van der Waals surface area (Å²) in [5.41, 5.74) is 4.81. The normalized spacial score (nSPS) is 21.4. The first-order valence-electron chi connectivity index (χ1n) is 11.1. The number of carbonyl (C=O) groups is 2. The molecule has 0 spiro atoms. The van der Waals surface area contributed by atoms with Crippen molar-refractivity contribution in [2.75, 3.05) is 26.7 Å². The van der Waals surface area contributed by atoms with Gasteiger partial charge in [-0.05, 0) is 72.9 Å². The number of amides is 2. The molecule has 1 aromatic carbocycles. The van der Waals surface area contributed by atoms with Crippen LogP contribution in [0.3, 0.4) is 0 Å². The number of rotatable bonds is 5. The SMILES string of the molecule is CCN(CC)C(=O)[C@@H]1C=C2c3cccc4c3c(c(Br)n4C(C)NC(C)=O)C[C@H]2N(C)C1. The fraction of sp³-hybridized carbons (Fsp3) is 0.500. The standard InChI is InChI=1S/C24H31BrN4O2/c1-6-28(7-2)24(31)16-11-18-17-9-8-10-20-22(17)19(12-21(18)27(5)13-16)23(25)29(20)14(3)26-15(4)30/h8-11,14,16,21H,6-7,12-13H2,1-5H3,(H,26,30)/t14?,16-,21-/m1/s1. The second-order valence-electron chi connectivity index (χ2n) is 8.61. The van der Waals surface area contributed by atoms with Crippen molar-refractivity contribution >= 4 is 44.2 Å². The highest BCUT2D eigenvalue weighted by Crippen LogP contribution is 2.45. The quantitative estimate of drug-likeness (QED) is 0.698. The van der Waals surface area contributed by atoms with Gasteiger partial charge in [0.2, 0.25) is 11.8 Å². The third-order valence-corrected chi connectivity index (χ3v) is 7.58. The van der Waals surface area contributed by atoms with Crippen molar-refractivity contribution in [3.05, 3.63) is 40.0 Å². The Morgan fingerprint density at radius 2 is 2.00 bits per heavy atom. The van der Waals surface area contributed by atoms with Gasteiger partial charge in [0.25, 0.3) is 0 Å². The van der Waals surface area contributed by atoms with Gasteiger partial charge in [0.05, 0.1) is 16.0 Å². The fourth-order valence-electron chi connectivity index (χ4n) is 5.28. The summed E-state index contributed by atoms with van der Waals surface area (Å²) in [4.78, 5) is 29.1. The topological polar surface area (TPSA) is 57.6 Å². The summed E-state index contributed by atoms with van der Waals surface area (Å²) in [6, 6.07) is 6.59. The maximum absolute atomic E-state index is 13.1. The molecule has 1 aliphatic carbocycles. The number of nitrogens with zero attached hydrogens (tertiary/aromatic N) is 3. The second-order valence-corrected chi connectivity index (χ2v) is 9.37. The Morgan fingerprint density at radius 3 is 2.65 bits per heavy atom. The summed E-state index contributed by atoms with van der Waals surface area (Å²) < 4.78 is 3.18. The number of hydrogen-bond donors (Lipinski definition) is 1. The van der Waals surface area contributed by atoms with Gasteiger partial charge < -0.3 is 14.8 Å². The summed E-state index contributed by atoms with van der Waals surface area (Å²) in [6.45, 7) is 9.81. The number of fused-ring (bicyclic) bond motifs is 2. The number of nitrogens with one attached hydrogen (secondary N) is 1. The molecule has 3 atom stereocenters. The first-order valence-corrected chi connectivity index (χ1v) is 11.9. The summed E-state index contributed by atoms with van der Waals surface area (Å²) in [5.74, 6) is 0.0262. The molecule has 0 bridgehead atoms. The van der Waals surface area contributed by atoms with Crippen molar-refractivity contribution < 1.29 is 9.59 Å². The van der Waals surface area contributed by atoms with Crippen LogP contribution in [0.4, 0.5) is 0 Å². The van der Waals surface area contributed by atoms with Gasteiger partial charge in [-0.1, -0.05) is 18.2 Å². The molecule has 6 nitrogen and oxygen atoms in total. The van der Waals surface area contributed by atoms with E-state index in [4.69, 9.17) is 0 Å². The number of hydrogen-bond acceptors (Lipinski definition) is 3. The average Bonchev–Trinajstić information content (AvgIpc) is 3.01. The van der Waals surface area contributed by atoms with Crippen molar-refractivity contribution in [3.8, 4) is 0 Å². The first kappa shape index (κ1) is 22.1. The third kappa shape index (κ3) is 3.61. The van der Waals surface area contributed by atoms with E-state index in [1.54, 1.807) is 6.92 Å². The van der Waals surface area contributed by atoms with Gasteiger partial charge in [0, 0.05) is 38.0 Å². The molecule has 1 aliphatic heterocycles. The number of benzene rings is 1. The van der Waals surface area contributed by atoms with Gasteiger partial charge in [0.1, 0.15) is 6.17 Å². The van der Waals surface area contributed by atoms with Gasteiger partial charge >= 0.3 is 0 Å². The summed E-state index contributed by atoms with van der Waals surface area (Å²) >= 11 is 3.84. The molecule has 2 aliphatic rings. The van der Waals surface area contributed by atoms with E-state index in [2.05, 4.69) is 62.0 Å². The molecule has 31 heavy (non-hydrogen) atoms. The lowest BCUT2D eigenvalue weighted by atomic mass is 9.79. The molecule has 0 saturated carbocycles. The van der Waals surface area contributed by atoms with E-state index in [-0.39, 0.29) is 29.9 Å². The van der Waals surface area contributed by atoms with Crippen LogP contribution in [0.5, 0.6) is 0 Å². The Labute approximate surface area is 192 Å². The van der Waals surface area contributed by atoms with E-state index in [1.807, 2.05) is 25.7 Å². The van der Waals surface area contributed by atoms with E-state index in [0.29, 0.717) is 0 Å². The molecule has 0 radical (unpaired) electrons. The molecule has 2 aromatic rings. The maximum Gasteiger partial charge on any atom is 0.230 e. The minimum Gasteiger partial charge on any atom is -0.343 e. The highest BCUT2D eigenvalue weighted by molar-refractivity contribution is 9.10. The molecular formula is C24H31BrN4O2. The zero-order valence-electron chi connectivity index (χ0n) is 18.9. The number of carbonyl (C=O) groups excluding carboxylic acids is 2. The van der Waals surface area contributed by atoms with E-state index < -0.39 is 0 Å². The number of halogens is 1. The molecule has 7 heteroatoms. The molecule has 0 fully saturated rings. The van der Waals surface area contributed by atoms with Crippen LogP contribution in [0.1, 0.15) is 45.0 Å². The van der Waals surface area contributed by atoms with Gasteiger partial charge in [-0.25, -0.2) is 0 Å². The van der Waals surface area contributed by atoms with E-state index in [0.717, 1.165) is 36.2 Å². The minimum absolute atomic E-state index is 0.0531. The minimum atomic E-state index is -0.165. The summed E-state index contributed by atoms with van der Waals surface area (Å²) in [7, 11) is 2.12. The van der Waals surface area contributed by atoms with Crippen molar-refractivity contribution in [1.29, 1.82) is 0 Å². The van der Waals surface area contributed by atoms with Crippen molar-refractivity contribution in [2.45, 2.75) is 46.3 Å². The highest BCUT2D eigenvalue weighted by Gasteiger charge is 2.38. The van der Waals surface area contributed by atoms with Crippen molar-refractivity contribution in [1.82, 2.24) is 19.7 Å². The predicted octanol–water partition coefficient (Wildman–Crippen LogP) is 3.80. The Morgan fingerprint density at radius 1 is 1.29 bits per heavy atom. The Kier molecular flexibility index (Phi) is 6.01. The number of likely N-dealkylation sites (N-methyl/N-ethyl adjacent to an activating group) is 1. The molecule has 166 valence electrons. The van der Waals surface area contributed by atoms with Gasteiger partial charge in [-0.2, -0.15) is 0 Å². The smallest absolute Gasteiger partial charge is 0.230 e. The van der Waals surface area contributed by atoms with E-state index in [1.165, 1.54) is 22.1 Å².